The first-order chi connectivity index (χ1) is 10.1. The number of nitrogens with one attached hydrogen (secondary N) is 1. The highest BCUT2D eigenvalue weighted by molar-refractivity contribution is 7.09. The number of carbonyl (C=O) groups is 1. The van der Waals surface area contributed by atoms with E-state index in [2.05, 4.69) is 22.1 Å². The zero-order valence-corrected chi connectivity index (χ0v) is 12.9. The largest absolute Gasteiger partial charge is 0.384 e. The molecule has 0 unspecified atom stereocenters. The van der Waals surface area contributed by atoms with Crippen LogP contribution < -0.4 is 5.32 Å². The first-order valence-electron chi connectivity index (χ1n) is 6.18. The molecule has 21 heavy (non-hydrogen) atoms. The Balaban J connectivity index is 2.06. The summed E-state index contributed by atoms with van der Waals surface area (Å²) in [7, 11) is 0. The highest BCUT2D eigenvalue weighted by Crippen LogP contribution is 2.17. The van der Waals surface area contributed by atoms with Gasteiger partial charge in [-0.05, 0) is 25.1 Å². The molecule has 0 saturated heterocycles. The molecule has 0 atom stereocenters. The molecule has 108 valence electrons. The number of amides is 1. The van der Waals surface area contributed by atoms with Gasteiger partial charge < -0.3 is 10.4 Å². The van der Waals surface area contributed by atoms with Crippen LogP contribution in [0.3, 0.4) is 0 Å². The zero-order valence-electron chi connectivity index (χ0n) is 11.3. The van der Waals surface area contributed by atoms with Crippen molar-refractivity contribution in [3.8, 4) is 11.8 Å². The van der Waals surface area contributed by atoms with Crippen LogP contribution in [0.2, 0.25) is 5.02 Å². The van der Waals surface area contributed by atoms with E-state index in [0.717, 1.165) is 10.6 Å². The molecular formula is C15H13ClN2O2S. The van der Waals surface area contributed by atoms with Crippen LogP contribution in [0.1, 0.15) is 26.5 Å². The number of carbonyl (C=O) groups excluding carboxylic acids is 1. The van der Waals surface area contributed by atoms with E-state index in [0.29, 0.717) is 22.7 Å². The minimum Gasteiger partial charge on any atom is -0.384 e. The number of benzene rings is 1. The Labute approximate surface area is 131 Å². The normalized spacial score (nSPS) is 9.86. The van der Waals surface area contributed by atoms with E-state index >= 15 is 0 Å². The summed E-state index contributed by atoms with van der Waals surface area (Å²) in [5.41, 5.74) is 3.73. The van der Waals surface area contributed by atoms with Crippen molar-refractivity contribution in [2.45, 2.75) is 13.5 Å². The van der Waals surface area contributed by atoms with Crippen LogP contribution in [0.25, 0.3) is 0 Å². The van der Waals surface area contributed by atoms with Crippen molar-refractivity contribution >= 4 is 28.8 Å². The summed E-state index contributed by atoms with van der Waals surface area (Å²) in [6.07, 6.45) is 0. The van der Waals surface area contributed by atoms with Crippen molar-refractivity contribution in [2.24, 2.45) is 0 Å². The molecule has 0 saturated carbocycles. The van der Waals surface area contributed by atoms with Gasteiger partial charge in [-0.3, -0.25) is 4.79 Å². The third-order valence-electron chi connectivity index (χ3n) is 2.79. The number of halogens is 1. The van der Waals surface area contributed by atoms with Gasteiger partial charge in [0.25, 0.3) is 5.91 Å². The minimum atomic E-state index is -0.229. The number of rotatable bonds is 3. The third-order valence-corrected chi connectivity index (χ3v) is 4.04. The molecular weight excluding hydrogens is 308 g/mol. The molecule has 1 aromatic heterocycles. The van der Waals surface area contributed by atoms with E-state index < -0.39 is 0 Å². The zero-order chi connectivity index (χ0) is 15.2. The van der Waals surface area contributed by atoms with Crippen molar-refractivity contribution < 1.29 is 9.90 Å². The van der Waals surface area contributed by atoms with Gasteiger partial charge in [-0.1, -0.05) is 23.4 Å². The molecule has 1 amide bonds. The van der Waals surface area contributed by atoms with E-state index in [9.17, 15) is 4.79 Å². The van der Waals surface area contributed by atoms with Crippen molar-refractivity contribution in [2.75, 3.05) is 6.61 Å². The molecule has 4 nitrogen and oxygen atoms in total. The van der Waals surface area contributed by atoms with Crippen molar-refractivity contribution in [3.05, 3.63) is 50.4 Å². The topological polar surface area (TPSA) is 62.2 Å². The molecule has 0 aliphatic carbocycles. The maximum Gasteiger partial charge on any atom is 0.251 e. The van der Waals surface area contributed by atoms with Crippen LogP contribution in [-0.4, -0.2) is 22.6 Å². The van der Waals surface area contributed by atoms with Crippen molar-refractivity contribution in [1.29, 1.82) is 0 Å². The van der Waals surface area contributed by atoms with Crippen LogP contribution in [0, 0.1) is 18.8 Å². The summed E-state index contributed by atoms with van der Waals surface area (Å²) in [4.78, 5) is 17.2. The molecule has 0 aliphatic rings. The number of aliphatic hydroxyl groups excluding tert-OH is 1. The maximum absolute atomic E-state index is 12.1. The minimum absolute atomic E-state index is 0.202. The van der Waals surface area contributed by atoms with Gasteiger partial charge in [0, 0.05) is 16.0 Å². The Morgan fingerprint density at radius 2 is 2.33 bits per heavy atom. The second-order valence-corrected chi connectivity index (χ2v) is 5.54. The quantitative estimate of drug-likeness (QED) is 0.854. The smallest absolute Gasteiger partial charge is 0.251 e. The second-order valence-electron chi connectivity index (χ2n) is 4.20. The van der Waals surface area contributed by atoms with Crippen LogP contribution >= 0.6 is 22.9 Å². The van der Waals surface area contributed by atoms with Gasteiger partial charge in [0.1, 0.15) is 6.61 Å². The number of hydrogen-bond donors (Lipinski definition) is 2. The summed E-state index contributed by atoms with van der Waals surface area (Å²) >= 11 is 7.57. The molecule has 1 heterocycles. The predicted octanol–water partition coefficient (Wildman–Crippen LogP) is 2.38. The Morgan fingerprint density at radius 1 is 1.52 bits per heavy atom. The number of aliphatic hydroxyl groups is 1. The van der Waals surface area contributed by atoms with Gasteiger partial charge in [0.15, 0.2) is 0 Å². The number of thiazole rings is 1. The fourth-order valence-electron chi connectivity index (χ4n) is 1.65. The average Bonchev–Trinajstić information content (AvgIpc) is 2.88. The van der Waals surface area contributed by atoms with Crippen molar-refractivity contribution in [1.82, 2.24) is 10.3 Å². The molecule has 0 radical (unpaired) electrons. The lowest BCUT2D eigenvalue weighted by atomic mass is 10.1. The van der Waals surface area contributed by atoms with Gasteiger partial charge in [-0.15, -0.1) is 11.3 Å². The van der Waals surface area contributed by atoms with E-state index in [1.54, 1.807) is 23.7 Å². The second kappa shape index (κ2) is 7.23. The number of hydrogen-bond acceptors (Lipinski definition) is 4. The Morgan fingerprint density at radius 3 is 2.95 bits per heavy atom. The monoisotopic (exact) mass is 320 g/mol. The Hall–Kier alpha value is -1.87. The fourth-order valence-corrected chi connectivity index (χ4v) is 2.60. The van der Waals surface area contributed by atoms with E-state index in [-0.39, 0.29) is 12.5 Å². The summed E-state index contributed by atoms with van der Waals surface area (Å²) < 4.78 is 0. The van der Waals surface area contributed by atoms with Crippen LogP contribution in [0.5, 0.6) is 0 Å². The van der Waals surface area contributed by atoms with Gasteiger partial charge >= 0.3 is 0 Å². The molecule has 2 aromatic rings. The van der Waals surface area contributed by atoms with Gasteiger partial charge in [-0.25, -0.2) is 4.98 Å². The lowest BCUT2D eigenvalue weighted by molar-refractivity contribution is 0.0951. The highest BCUT2D eigenvalue weighted by Gasteiger charge is 2.09. The van der Waals surface area contributed by atoms with Crippen LogP contribution in [-0.2, 0) is 6.54 Å². The third kappa shape index (κ3) is 4.05. The molecule has 6 heteroatoms. The van der Waals surface area contributed by atoms with Gasteiger partial charge in [0.2, 0.25) is 0 Å². The highest BCUT2D eigenvalue weighted by atomic mass is 35.5. The van der Waals surface area contributed by atoms with E-state index in [1.165, 1.54) is 11.3 Å². The number of aryl methyl sites for hydroxylation is 1. The maximum atomic E-state index is 12.1. The summed E-state index contributed by atoms with van der Waals surface area (Å²) in [5, 5.41) is 11.9. The summed E-state index contributed by atoms with van der Waals surface area (Å²) in [6, 6.07) is 4.89. The Bertz CT molecular complexity index is 716. The molecule has 0 bridgehead atoms. The summed E-state index contributed by atoms with van der Waals surface area (Å²) in [6.45, 7) is 2.12. The van der Waals surface area contributed by atoms with Crippen molar-refractivity contribution in [3.63, 3.8) is 0 Å². The van der Waals surface area contributed by atoms with Crippen LogP contribution in [0.15, 0.2) is 23.7 Å². The number of nitrogens with zero attached hydrogens (tertiary/aromatic N) is 1. The first-order valence-corrected chi connectivity index (χ1v) is 7.44. The standard InChI is InChI=1S/C15H13ClN2O2S/c1-10-14(21-9-18-10)8-17-15(20)12-5-4-11(3-2-6-19)13(16)7-12/h4-5,7,9,19H,6,8H2,1H3,(H,17,20). The summed E-state index contributed by atoms with van der Waals surface area (Å²) in [5.74, 6) is 5.04. The molecule has 2 N–H and O–H groups in total. The number of aromatic nitrogens is 1. The lowest BCUT2D eigenvalue weighted by Gasteiger charge is -2.05. The molecule has 1 aromatic carbocycles. The Kier molecular flexibility index (Phi) is 5.34. The SMILES string of the molecule is Cc1ncsc1CNC(=O)c1ccc(C#CCO)c(Cl)c1. The van der Waals surface area contributed by atoms with Gasteiger partial charge in [0.05, 0.1) is 22.8 Å². The molecule has 2 rings (SSSR count). The lowest BCUT2D eigenvalue weighted by Crippen LogP contribution is -2.22. The molecule has 0 fully saturated rings. The fraction of sp³-hybridized carbons (Fsp3) is 0.200. The molecule has 0 aliphatic heterocycles. The van der Waals surface area contributed by atoms with E-state index in [1.807, 2.05) is 6.92 Å². The first kappa shape index (κ1) is 15.5. The predicted molar refractivity (Wildman–Crippen MR) is 83.4 cm³/mol. The average molecular weight is 321 g/mol. The van der Waals surface area contributed by atoms with Crippen LogP contribution in [0.4, 0.5) is 0 Å². The van der Waals surface area contributed by atoms with E-state index in [4.69, 9.17) is 16.7 Å². The van der Waals surface area contributed by atoms with Gasteiger partial charge in [-0.2, -0.15) is 0 Å². The molecule has 0 spiro atoms.